The van der Waals surface area contributed by atoms with Crippen LogP contribution < -0.4 is 4.74 Å². The van der Waals surface area contributed by atoms with Gasteiger partial charge in [0.25, 0.3) is 5.91 Å². The molecule has 20 heavy (non-hydrogen) atoms. The van der Waals surface area contributed by atoms with Gasteiger partial charge in [0, 0.05) is 31.0 Å². The number of hydrogen-bond donors (Lipinski definition) is 0. The normalized spacial score (nSPS) is 13.4. The third-order valence-electron chi connectivity index (χ3n) is 3.39. The van der Waals surface area contributed by atoms with E-state index in [9.17, 15) is 4.79 Å². The quantitative estimate of drug-likeness (QED) is 0.782. The molecule has 0 atom stereocenters. The topological polar surface area (TPSA) is 42.4 Å². The lowest BCUT2D eigenvalue weighted by Crippen LogP contribution is -2.26. The molecular formula is C16H16N2O2. The first-order chi connectivity index (χ1) is 9.84. The van der Waals surface area contributed by atoms with Gasteiger partial charge >= 0.3 is 0 Å². The number of ether oxygens (including phenoxy) is 1. The van der Waals surface area contributed by atoms with Crippen LogP contribution in [0.2, 0.25) is 0 Å². The first kappa shape index (κ1) is 12.7. The van der Waals surface area contributed by atoms with Crippen molar-refractivity contribution in [1.29, 1.82) is 0 Å². The van der Waals surface area contributed by atoms with Crippen LogP contribution in [0.15, 0.2) is 48.8 Å². The Balaban J connectivity index is 1.48. The minimum absolute atomic E-state index is 0.129. The number of rotatable bonds is 5. The molecule has 0 fully saturated rings. The summed E-state index contributed by atoms with van der Waals surface area (Å²) in [5, 5.41) is 0. The lowest BCUT2D eigenvalue weighted by molar-refractivity contribution is 0.0770. The van der Waals surface area contributed by atoms with Crippen molar-refractivity contribution in [2.24, 2.45) is 0 Å². The van der Waals surface area contributed by atoms with Gasteiger partial charge in [-0.3, -0.25) is 9.78 Å². The predicted molar refractivity (Wildman–Crippen MR) is 75.5 cm³/mol. The van der Waals surface area contributed by atoms with E-state index in [1.54, 1.807) is 12.4 Å². The molecule has 0 spiro atoms. The molecule has 0 N–H and O–H groups in total. The highest BCUT2D eigenvalue weighted by molar-refractivity contribution is 5.98. The Morgan fingerprint density at radius 3 is 2.75 bits per heavy atom. The van der Waals surface area contributed by atoms with Crippen molar-refractivity contribution in [1.82, 2.24) is 9.88 Å². The van der Waals surface area contributed by atoms with Crippen molar-refractivity contribution in [2.75, 3.05) is 13.2 Å². The number of amides is 1. The van der Waals surface area contributed by atoms with E-state index in [2.05, 4.69) is 4.98 Å². The summed E-state index contributed by atoms with van der Waals surface area (Å²) in [6, 6.07) is 11.5. The van der Waals surface area contributed by atoms with Crippen molar-refractivity contribution in [3.8, 4) is 5.75 Å². The van der Waals surface area contributed by atoms with Crippen molar-refractivity contribution < 1.29 is 9.53 Å². The SMILES string of the molecule is O=C1c2ccccc2CN1CCCOc1ccncc1. The Kier molecular flexibility index (Phi) is 3.63. The van der Waals surface area contributed by atoms with E-state index in [-0.39, 0.29) is 5.91 Å². The Morgan fingerprint density at radius 2 is 1.95 bits per heavy atom. The van der Waals surface area contributed by atoms with Crippen molar-refractivity contribution >= 4 is 5.91 Å². The molecule has 102 valence electrons. The number of fused-ring (bicyclic) bond motifs is 1. The molecule has 0 bridgehead atoms. The molecule has 4 nitrogen and oxygen atoms in total. The minimum Gasteiger partial charge on any atom is -0.493 e. The second-order valence-corrected chi connectivity index (χ2v) is 4.77. The maximum absolute atomic E-state index is 12.1. The molecule has 4 heteroatoms. The van der Waals surface area contributed by atoms with Crippen LogP contribution in [-0.2, 0) is 6.54 Å². The summed E-state index contributed by atoms with van der Waals surface area (Å²) in [6.45, 7) is 2.03. The minimum atomic E-state index is 0.129. The zero-order chi connectivity index (χ0) is 13.8. The van der Waals surface area contributed by atoms with Crippen LogP contribution in [0.5, 0.6) is 5.75 Å². The van der Waals surface area contributed by atoms with Gasteiger partial charge in [-0.1, -0.05) is 18.2 Å². The lowest BCUT2D eigenvalue weighted by atomic mass is 10.1. The van der Waals surface area contributed by atoms with Crippen LogP contribution in [0.25, 0.3) is 0 Å². The van der Waals surface area contributed by atoms with E-state index in [0.717, 1.165) is 29.8 Å². The Hall–Kier alpha value is -2.36. The molecule has 3 rings (SSSR count). The smallest absolute Gasteiger partial charge is 0.254 e. The lowest BCUT2D eigenvalue weighted by Gasteiger charge is -2.15. The number of carbonyl (C=O) groups is 1. The molecule has 1 aromatic heterocycles. The maximum atomic E-state index is 12.1. The fourth-order valence-electron chi connectivity index (χ4n) is 2.38. The van der Waals surface area contributed by atoms with Gasteiger partial charge in [-0.05, 0) is 30.2 Å². The third kappa shape index (κ3) is 2.64. The Bertz CT molecular complexity index is 598. The molecule has 0 radical (unpaired) electrons. The summed E-state index contributed by atoms with van der Waals surface area (Å²) in [6.07, 6.45) is 4.23. The van der Waals surface area contributed by atoms with Gasteiger partial charge in [-0.25, -0.2) is 0 Å². The summed E-state index contributed by atoms with van der Waals surface area (Å²) in [5.41, 5.74) is 1.95. The van der Waals surface area contributed by atoms with Crippen molar-refractivity contribution in [2.45, 2.75) is 13.0 Å². The third-order valence-corrected chi connectivity index (χ3v) is 3.39. The highest BCUT2D eigenvalue weighted by Gasteiger charge is 2.25. The highest BCUT2D eigenvalue weighted by atomic mass is 16.5. The van der Waals surface area contributed by atoms with Crippen molar-refractivity contribution in [3.05, 3.63) is 59.9 Å². The highest BCUT2D eigenvalue weighted by Crippen LogP contribution is 2.22. The van der Waals surface area contributed by atoms with Crippen LogP contribution >= 0.6 is 0 Å². The van der Waals surface area contributed by atoms with Gasteiger partial charge in [0.05, 0.1) is 6.61 Å². The number of pyridine rings is 1. The molecule has 1 aliphatic rings. The van der Waals surface area contributed by atoms with E-state index < -0.39 is 0 Å². The average molecular weight is 268 g/mol. The molecule has 0 saturated carbocycles. The zero-order valence-electron chi connectivity index (χ0n) is 11.2. The number of carbonyl (C=O) groups excluding carboxylic acids is 1. The van der Waals surface area contributed by atoms with E-state index in [4.69, 9.17) is 4.74 Å². The summed E-state index contributed by atoms with van der Waals surface area (Å²) >= 11 is 0. The first-order valence-corrected chi connectivity index (χ1v) is 6.74. The zero-order valence-corrected chi connectivity index (χ0v) is 11.2. The molecular weight excluding hydrogens is 252 g/mol. The van der Waals surface area contributed by atoms with E-state index in [1.807, 2.05) is 41.3 Å². The van der Waals surface area contributed by atoms with Gasteiger partial charge in [-0.2, -0.15) is 0 Å². The van der Waals surface area contributed by atoms with Crippen LogP contribution in [-0.4, -0.2) is 28.9 Å². The fraction of sp³-hybridized carbons (Fsp3) is 0.250. The first-order valence-electron chi connectivity index (χ1n) is 6.74. The van der Waals surface area contributed by atoms with E-state index >= 15 is 0 Å². The molecule has 1 amide bonds. The molecule has 0 unspecified atom stereocenters. The van der Waals surface area contributed by atoms with Gasteiger partial charge in [0.2, 0.25) is 0 Å². The average Bonchev–Trinajstić information content (AvgIpc) is 2.82. The fourth-order valence-corrected chi connectivity index (χ4v) is 2.38. The number of nitrogens with zero attached hydrogens (tertiary/aromatic N) is 2. The molecule has 1 aliphatic heterocycles. The van der Waals surface area contributed by atoms with Crippen LogP contribution in [0.3, 0.4) is 0 Å². The molecule has 2 heterocycles. The van der Waals surface area contributed by atoms with E-state index in [0.29, 0.717) is 13.2 Å². The summed E-state index contributed by atoms with van der Waals surface area (Å²) in [5.74, 6) is 0.945. The van der Waals surface area contributed by atoms with Crippen LogP contribution in [0.4, 0.5) is 0 Å². The largest absolute Gasteiger partial charge is 0.493 e. The Morgan fingerprint density at radius 1 is 1.15 bits per heavy atom. The van der Waals surface area contributed by atoms with Gasteiger partial charge in [0.15, 0.2) is 0 Å². The summed E-state index contributed by atoms with van der Waals surface area (Å²) in [7, 11) is 0. The second-order valence-electron chi connectivity index (χ2n) is 4.77. The molecule has 0 saturated heterocycles. The predicted octanol–water partition coefficient (Wildman–Crippen LogP) is 2.51. The van der Waals surface area contributed by atoms with Crippen LogP contribution in [0, 0.1) is 0 Å². The molecule has 0 aliphatic carbocycles. The maximum Gasteiger partial charge on any atom is 0.254 e. The number of hydrogen-bond acceptors (Lipinski definition) is 3. The standard InChI is InChI=1S/C16H16N2O2/c19-16-15-5-2-1-4-13(15)12-18(16)10-3-11-20-14-6-8-17-9-7-14/h1-2,4-9H,3,10-12H2. The number of benzene rings is 1. The van der Waals surface area contributed by atoms with Gasteiger partial charge in [0.1, 0.15) is 5.75 Å². The van der Waals surface area contributed by atoms with Gasteiger partial charge < -0.3 is 9.64 Å². The van der Waals surface area contributed by atoms with E-state index in [1.165, 1.54) is 0 Å². The van der Waals surface area contributed by atoms with Crippen LogP contribution in [0.1, 0.15) is 22.3 Å². The van der Waals surface area contributed by atoms with Crippen molar-refractivity contribution in [3.63, 3.8) is 0 Å². The second kappa shape index (κ2) is 5.74. The monoisotopic (exact) mass is 268 g/mol. The molecule has 2 aromatic rings. The molecule has 1 aromatic carbocycles. The number of aromatic nitrogens is 1. The summed E-state index contributed by atoms with van der Waals surface area (Å²) < 4.78 is 5.60. The summed E-state index contributed by atoms with van der Waals surface area (Å²) in [4.78, 5) is 17.9. The Labute approximate surface area is 118 Å². The van der Waals surface area contributed by atoms with Gasteiger partial charge in [-0.15, -0.1) is 0 Å².